The van der Waals surface area contributed by atoms with Crippen molar-refractivity contribution < 1.29 is 14.4 Å². The zero-order valence-electron chi connectivity index (χ0n) is 16.0. The fraction of sp³-hybridized carbons (Fsp3) is 0.375. The van der Waals surface area contributed by atoms with E-state index in [2.05, 4.69) is 17.5 Å². The van der Waals surface area contributed by atoms with E-state index >= 15 is 0 Å². The van der Waals surface area contributed by atoms with Crippen molar-refractivity contribution in [2.45, 2.75) is 13.0 Å². The van der Waals surface area contributed by atoms with Crippen LogP contribution in [0.1, 0.15) is 12.0 Å². The quantitative estimate of drug-likeness (QED) is 0.649. The Kier molecular flexibility index (Phi) is 3.52. The van der Waals surface area contributed by atoms with E-state index < -0.39 is 0 Å². The molecule has 0 radical (unpaired) electrons. The lowest BCUT2D eigenvalue weighted by Crippen LogP contribution is -2.41. The van der Waals surface area contributed by atoms with Crippen LogP contribution in [0.15, 0.2) is 54.6 Å². The lowest BCUT2D eigenvalue weighted by molar-refractivity contribution is -0.143. The minimum Gasteiger partial charge on any atom is -0.350 e. The molecule has 2 aromatic carbocycles. The Bertz CT molecular complexity index is 1050. The summed E-state index contributed by atoms with van der Waals surface area (Å²) in [6.07, 6.45) is 5.44. The lowest BCUT2D eigenvalue weighted by atomic mass is 9.63. The van der Waals surface area contributed by atoms with Gasteiger partial charge in [0.05, 0.1) is 11.8 Å². The zero-order valence-corrected chi connectivity index (χ0v) is 16.0. The zero-order chi connectivity index (χ0) is 19.7. The second kappa shape index (κ2) is 6.02. The average molecular weight is 386 g/mol. The Morgan fingerprint density at radius 3 is 2.31 bits per heavy atom. The van der Waals surface area contributed by atoms with Crippen LogP contribution in [0.25, 0.3) is 10.8 Å². The van der Waals surface area contributed by atoms with Crippen molar-refractivity contribution in [3.63, 3.8) is 0 Å². The van der Waals surface area contributed by atoms with Gasteiger partial charge in [-0.3, -0.25) is 19.3 Å². The molecular formula is C24H22N2O3. The van der Waals surface area contributed by atoms with Crippen molar-refractivity contribution in [1.82, 2.24) is 10.2 Å². The number of nitrogens with one attached hydrogen (secondary N) is 1. The standard InChI is InChI=1S/C24H22N2O3/c27-20(25-11-14-6-3-5-13-4-1-2-7-15(13)14)12-26-23(28)21-16-8-9-17(19-10-18(16)19)22(21)24(26)29/h1-9,16-19,21-22H,10-12H2,(H,25,27)/t16-,17-,18-,19-,21+,22+/m1/s1. The van der Waals surface area contributed by atoms with Crippen LogP contribution in [0.2, 0.25) is 0 Å². The van der Waals surface area contributed by atoms with Crippen molar-refractivity contribution in [3.05, 3.63) is 60.2 Å². The minimum absolute atomic E-state index is 0.148. The van der Waals surface area contributed by atoms with Gasteiger partial charge in [0.2, 0.25) is 17.7 Å². The number of carbonyl (C=O) groups is 3. The number of carbonyl (C=O) groups excluding carboxylic acids is 3. The molecule has 2 saturated carbocycles. The molecule has 1 aliphatic heterocycles. The molecule has 5 nitrogen and oxygen atoms in total. The maximum atomic E-state index is 13.0. The topological polar surface area (TPSA) is 66.5 Å². The molecule has 0 spiro atoms. The molecule has 6 atom stereocenters. The van der Waals surface area contributed by atoms with Crippen molar-refractivity contribution in [2.24, 2.45) is 35.5 Å². The largest absolute Gasteiger partial charge is 0.350 e. The third-order valence-electron chi connectivity index (χ3n) is 7.41. The van der Waals surface area contributed by atoms with Gasteiger partial charge in [0.25, 0.3) is 0 Å². The Hall–Kier alpha value is -2.95. The number of allylic oxidation sites excluding steroid dienone is 2. The monoisotopic (exact) mass is 386 g/mol. The van der Waals surface area contributed by atoms with Crippen LogP contribution < -0.4 is 5.32 Å². The summed E-state index contributed by atoms with van der Waals surface area (Å²) in [6, 6.07) is 14.0. The van der Waals surface area contributed by atoms with Gasteiger partial charge in [0.15, 0.2) is 0 Å². The third kappa shape index (κ3) is 2.43. The van der Waals surface area contributed by atoms with Gasteiger partial charge in [-0.05, 0) is 46.4 Å². The molecule has 4 aliphatic carbocycles. The summed E-state index contributed by atoms with van der Waals surface area (Å²) in [5.41, 5.74) is 1.02. The van der Waals surface area contributed by atoms with Gasteiger partial charge in [0, 0.05) is 6.54 Å². The van der Waals surface area contributed by atoms with Gasteiger partial charge in [0.1, 0.15) is 6.54 Å². The number of amides is 3. The van der Waals surface area contributed by atoms with Crippen LogP contribution in [0.5, 0.6) is 0 Å². The molecular weight excluding hydrogens is 364 g/mol. The summed E-state index contributed by atoms with van der Waals surface area (Å²) in [5.74, 6) is 0.453. The smallest absolute Gasteiger partial charge is 0.240 e. The van der Waals surface area contributed by atoms with E-state index in [9.17, 15) is 14.4 Å². The molecule has 2 aromatic rings. The molecule has 5 aliphatic rings. The molecule has 5 heteroatoms. The lowest BCUT2D eigenvalue weighted by Gasteiger charge is -2.37. The highest BCUT2D eigenvalue weighted by Crippen LogP contribution is 2.65. The Morgan fingerprint density at radius 1 is 0.931 bits per heavy atom. The molecule has 3 amide bonds. The highest BCUT2D eigenvalue weighted by molar-refractivity contribution is 6.08. The number of hydrogen-bond donors (Lipinski definition) is 1. The van der Waals surface area contributed by atoms with Gasteiger partial charge in [-0.2, -0.15) is 0 Å². The fourth-order valence-electron chi connectivity index (χ4n) is 6.01. The molecule has 1 N–H and O–H groups in total. The van der Waals surface area contributed by atoms with Gasteiger partial charge >= 0.3 is 0 Å². The normalized spacial score (nSPS) is 33.7. The van der Waals surface area contributed by atoms with Crippen LogP contribution in [-0.4, -0.2) is 29.2 Å². The van der Waals surface area contributed by atoms with E-state index in [0.717, 1.165) is 22.8 Å². The number of likely N-dealkylation sites (tertiary alicyclic amines) is 1. The molecule has 1 heterocycles. The van der Waals surface area contributed by atoms with E-state index in [-0.39, 0.29) is 47.9 Å². The van der Waals surface area contributed by atoms with E-state index in [1.165, 1.54) is 4.90 Å². The number of benzene rings is 2. The molecule has 2 bridgehead atoms. The van der Waals surface area contributed by atoms with Gasteiger partial charge in [-0.15, -0.1) is 0 Å². The number of hydrogen-bond acceptors (Lipinski definition) is 3. The maximum absolute atomic E-state index is 13.0. The van der Waals surface area contributed by atoms with Crippen molar-refractivity contribution in [1.29, 1.82) is 0 Å². The minimum atomic E-state index is -0.288. The third-order valence-corrected chi connectivity index (χ3v) is 7.41. The van der Waals surface area contributed by atoms with Crippen LogP contribution in [0.4, 0.5) is 0 Å². The van der Waals surface area contributed by atoms with E-state index in [4.69, 9.17) is 0 Å². The molecule has 7 rings (SSSR count). The highest BCUT2D eigenvalue weighted by Gasteiger charge is 2.67. The van der Waals surface area contributed by atoms with Crippen LogP contribution in [0, 0.1) is 35.5 Å². The molecule has 1 saturated heterocycles. The van der Waals surface area contributed by atoms with E-state index in [0.29, 0.717) is 18.4 Å². The molecule has 0 unspecified atom stereocenters. The Morgan fingerprint density at radius 2 is 1.59 bits per heavy atom. The first kappa shape index (κ1) is 17.0. The second-order valence-corrected chi connectivity index (χ2v) is 8.83. The molecule has 3 fully saturated rings. The number of imide groups is 1. The first-order chi connectivity index (χ1) is 14.1. The van der Waals surface area contributed by atoms with Crippen molar-refractivity contribution in [3.8, 4) is 0 Å². The molecule has 0 aromatic heterocycles. The summed E-state index contributed by atoms with van der Waals surface area (Å²) in [4.78, 5) is 39.8. The molecule has 146 valence electrons. The summed E-state index contributed by atoms with van der Waals surface area (Å²) >= 11 is 0. The fourth-order valence-corrected chi connectivity index (χ4v) is 6.01. The van der Waals surface area contributed by atoms with Gasteiger partial charge in [-0.25, -0.2) is 0 Å². The van der Waals surface area contributed by atoms with Gasteiger partial charge in [-0.1, -0.05) is 54.6 Å². The predicted molar refractivity (Wildman–Crippen MR) is 107 cm³/mol. The SMILES string of the molecule is O=C(CN1C(=O)[C@H]2[C@@H]3C=C[C@H]([C@H]4C[C@H]34)[C@@H]2C1=O)NCc1cccc2ccccc12. The Balaban J connectivity index is 1.16. The summed E-state index contributed by atoms with van der Waals surface area (Å²) < 4.78 is 0. The van der Waals surface area contributed by atoms with Crippen molar-refractivity contribution in [2.75, 3.05) is 6.54 Å². The number of fused-ring (bicyclic) bond motifs is 1. The first-order valence-corrected chi connectivity index (χ1v) is 10.4. The van der Waals surface area contributed by atoms with Crippen LogP contribution in [0.3, 0.4) is 0 Å². The first-order valence-electron chi connectivity index (χ1n) is 10.4. The highest BCUT2D eigenvalue weighted by atomic mass is 16.2. The Labute approximate surface area is 168 Å². The van der Waals surface area contributed by atoms with E-state index in [1.807, 2.05) is 42.5 Å². The van der Waals surface area contributed by atoms with Crippen LogP contribution in [-0.2, 0) is 20.9 Å². The predicted octanol–water partition coefficient (Wildman–Crippen LogP) is 2.51. The van der Waals surface area contributed by atoms with Crippen LogP contribution >= 0.6 is 0 Å². The summed E-state index contributed by atoms with van der Waals surface area (Å²) in [6.45, 7) is 0.199. The summed E-state index contributed by atoms with van der Waals surface area (Å²) in [7, 11) is 0. The number of rotatable bonds is 4. The van der Waals surface area contributed by atoms with Crippen molar-refractivity contribution >= 4 is 28.5 Å². The summed E-state index contributed by atoms with van der Waals surface area (Å²) in [5, 5.41) is 5.11. The average Bonchev–Trinajstić information content (AvgIpc) is 3.53. The second-order valence-electron chi connectivity index (χ2n) is 8.83. The molecule has 29 heavy (non-hydrogen) atoms. The maximum Gasteiger partial charge on any atom is 0.240 e. The van der Waals surface area contributed by atoms with E-state index in [1.54, 1.807) is 0 Å². The number of nitrogens with zero attached hydrogens (tertiary/aromatic N) is 1. The van der Waals surface area contributed by atoms with Gasteiger partial charge < -0.3 is 5.32 Å².